The van der Waals surface area contributed by atoms with Crippen LogP contribution < -0.4 is 10.6 Å². The number of nitrogens with one attached hydrogen (secondary N) is 2. The maximum absolute atomic E-state index is 11.8. The predicted octanol–water partition coefficient (Wildman–Crippen LogP) is 7.84. The van der Waals surface area contributed by atoms with E-state index in [1.54, 1.807) is 0 Å². The summed E-state index contributed by atoms with van der Waals surface area (Å²) < 4.78 is 0. The standard InChI is InChI=1S/C28H56N2O2/c1-3-5-7-9-11-15-19-23-27(31)29-25-21-17-13-14-18-22-26-30-28(32)24-20-16-12-10-8-6-4-2/h3-26H2,1-2H3,(H,29,31)(H,30,32). The highest BCUT2D eigenvalue weighted by molar-refractivity contribution is 5.76. The lowest BCUT2D eigenvalue weighted by molar-refractivity contribution is -0.122. The van der Waals surface area contributed by atoms with Gasteiger partial charge in [0.15, 0.2) is 0 Å². The molecule has 0 aliphatic heterocycles. The van der Waals surface area contributed by atoms with Crippen molar-refractivity contribution < 1.29 is 9.59 Å². The highest BCUT2D eigenvalue weighted by atomic mass is 16.2. The van der Waals surface area contributed by atoms with E-state index < -0.39 is 0 Å². The molecule has 0 rings (SSSR count). The van der Waals surface area contributed by atoms with Crippen molar-refractivity contribution in [3.8, 4) is 0 Å². The van der Waals surface area contributed by atoms with Gasteiger partial charge in [0.2, 0.25) is 11.8 Å². The van der Waals surface area contributed by atoms with Gasteiger partial charge in [-0.05, 0) is 25.7 Å². The van der Waals surface area contributed by atoms with E-state index in [9.17, 15) is 9.59 Å². The number of hydrogen-bond acceptors (Lipinski definition) is 2. The number of hydrogen-bond donors (Lipinski definition) is 2. The largest absolute Gasteiger partial charge is 0.356 e. The first kappa shape index (κ1) is 30.9. The van der Waals surface area contributed by atoms with Crippen molar-refractivity contribution >= 4 is 11.8 Å². The van der Waals surface area contributed by atoms with E-state index in [-0.39, 0.29) is 11.8 Å². The third-order valence-corrected chi connectivity index (χ3v) is 6.26. The van der Waals surface area contributed by atoms with Crippen molar-refractivity contribution in [2.75, 3.05) is 13.1 Å². The third-order valence-electron chi connectivity index (χ3n) is 6.26. The summed E-state index contributed by atoms with van der Waals surface area (Å²) in [6.45, 7) is 6.13. The van der Waals surface area contributed by atoms with Crippen molar-refractivity contribution in [3.05, 3.63) is 0 Å². The van der Waals surface area contributed by atoms with Crippen LogP contribution in [0.4, 0.5) is 0 Å². The summed E-state index contributed by atoms with van der Waals surface area (Å²) >= 11 is 0. The lowest BCUT2D eigenvalue weighted by atomic mass is 10.1. The van der Waals surface area contributed by atoms with Crippen LogP contribution in [0, 0.1) is 0 Å². The fourth-order valence-corrected chi connectivity index (χ4v) is 4.07. The van der Waals surface area contributed by atoms with E-state index in [0.29, 0.717) is 12.8 Å². The summed E-state index contributed by atoms with van der Waals surface area (Å²) in [4.78, 5) is 23.7. The summed E-state index contributed by atoms with van der Waals surface area (Å²) in [7, 11) is 0. The van der Waals surface area contributed by atoms with E-state index in [4.69, 9.17) is 0 Å². The Labute approximate surface area is 200 Å². The molecule has 0 fully saturated rings. The minimum atomic E-state index is 0.228. The molecule has 0 radical (unpaired) electrons. The summed E-state index contributed by atoms with van der Waals surface area (Å²) in [5.74, 6) is 0.455. The van der Waals surface area contributed by atoms with Gasteiger partial charge in [-0.1, -0.05) is 117 Å². The van der Waals surface area contributed by atoms with Crippen LogP contribution in [0.5, 0.6) is 0 Å². The molecule has 2 N–H and O–H groups in total. The van der Waals surface area contributed by atoms with Gasteiger partial charge < -0.3 is 10.6 Å². The highest BCUT2D eigenvalue weighted by Gasteiger charge is 2.02. The van der Waals surface area contributed by atoms with Gasteiger partial charge >= 0.3 is 0 Å². The maximum atomic E-state index is 11.8. The van der Waals surface area contributed by atoms with Crippen LogP contribution in [0.15, 0.2) is 0 Å². The molecular weight excluding hydrogens is 396 g/mol. The van der Waals surface area contributed by atoms with Gasteiger partial charge in [0.05, 0.1) is 0 Å². The average molecular weight is 453 g/mol. The molecule has 0 heterocycles. The Morgan fingerprint density at radius 1 is 0.406 bits per heavy atom. The number of carbonyl (C=O) groups is 2. The van der Waals surface area contributed by atoms with Crippen molar-refractivity contribution in [1.29, 1.82) is 0 Å². The van der Waals surface area contributed by atoms with E-state index in [1.165, 1.54) is 103 Å². The molecule has 0 aliphatic rings. The Bertz CT molecular complexity index is 374. The van der Waals surface area contributed by atoms with E-state index in [0.717, 1.165) is 38.8 Å². The van der Waals surface area contributed by atoms with Gasteiger partial charge in [-0.2, -0.15) is 0 Å². The second-order valence-corrected chi connectivity index (χ2v) is 9.56. The molecule has 0 atom stereocenters. The molecular formula is C28H56N2O2. The fourth-order valence-electron chi connectivity index (χ4n) is 4.07. The second-order valence-electron chi connectivity index (χ2n) is 9.56. The highest BCUT2D eigenvalue weighted by Crippen LogP contribution is 2.09. The van der Waals surface area contributed by atoms with Gasteiger partial charge in [0, 0.05) is 25.9 Å². The van der Waals surface area contributed by atoms with Crippen LogP contribution >= 0.6 is 0 Å². The lowest BCUT2D eigenvalue weighted by Gasteiger charge is -2.07. The fraction of sp³-hybridized carbons (Fsp3) is 0.929. The lowest BCUT2D eigenvalue weighted by Crippen LogP contribution is -2.24. The molecule has 32 heavy (non-hydrogen) atoms. The van der Waals surface area contributed by atoms with E-state index >= 15 is 0 Å². The summed E-state index contributed by atoms with van der Waals surface area (Å²) in [6, 6.07) is 0. The molecule has 2 amide bonds. The van der Waals surface area contributed by atoms with Gasteiger partial charge in [-0.15, -0.1) is 0 Å². The van der Waals surface area contributed by atoms with Crippen molar-refractivity contribution in [2.45, 2.75) is 155 Å². The Kier molecular flexibility index (Phi) is 25.3. The van der Waals surface area contributed by atoms with Crippen LogP contribution in [-0.2, 0) is 9.59 Å². The molecule has 0 saturated carbocycles. The zero-order valence-corrected chi connectivity index (χ0v) is 21.8. The zero-order chi connectivity index (χ0) is 23.5. The Balaban J connectivity index is 3.23. The smallest absolute Gasteiger partial charge is 0.219 e. The summed E-state index contributed by atoms with van der Waals surface area (Å²) in [5, 5.41) is 6.13. The van der Waals surface area contributed by atoms with Crippen LogP contribution in [0.3, 0.4) is 0 Å². The zero-order valence-electron chi connectivity index (χ0n) is 21.8. The average Bonchev–Trinajstić information content (AvgIpc) is 2.79. The SMILES string of the molecule is CCCCCCCCCC(=O)NCCCCCCCCNC(=O)CCCCCCCCC. The third kappa shape index (κ3) is 25.2. The molecule has 0 aromatic carbocycles. The molecule has 190 valence electrons. The Hall–Kier alpha value is -1.06. The molecule has 0 saturated heterocycles. The molecule has 0 spiro atoms. The molecule has 4 heteroatoms. The minimum absolute atomic E-state index is 0.228. The number of amides is 2. The predicted molar refractivity (Wildman–Crippen MR) is 139 cm³/mol. The molecule has 0 aliphatic carbocycles. The first-order valence-corrected chi connectivity index (χ1v) is 14.2. The Morgan fingerprint density at radius 3 is 1.03 bits per heavy atom. The molecule has 0 aromatic rings. The molecule has 0 aromatic heterocycles. The number of carbonyl (C=O) groups excluding carboxylic acids is 2. The molecule has 0 bridgehead atoms. The van der Waals surface area contributed by atoms with E-state index in [1.807, 2.05) is 0 Å². The topological polar surface area (TPSA) is 58.2 Å². The number of unbranched alkanes of at least 4 members (excludes halogenated alkanes) is 17. The van der Waals surface area contributed by atoms with Gasteiger partial charge in [-0.25, -0.2) is 0 Å². The summed E-state index contributed by atoms with van der Waals surface area (Å²) in [6.07, 6.45) is 26.0. The van der Waals surface area contributed by atoms with Crippen molar-refractivity contribution in [3.63, 3.8) is 0 Å². The number of rotatable bonds is 25. The monoisotopic (exact) mass is 452 g/mol. The first-order chi connectivity index (χ1) is 15.7. The molecule has 0 unspecified atom stereocenters. The van der Waals surface area contributed by atoms with Crippen LogP contribution in [-0.4, -0.2) is 24.9 Å². The van der Waals surface area contributed by atoms with Crippen LogP contribution in [0.2, 0.25) is 0 Å². The van der Waals surface area contributed by atoms with Gasteiger partial charge in [-0.3, -0.25) is 9.59 Å². The maximum Gasteiger partial charge on any atom is 0.219 e. The van der Waals surface area contributed by atoms with Crippen molar-refractivity contribution in [2.24, 2.45) is 0 Å². The minimum Gasteiger partial charge on any atom is -0.356 e. The van der Waals surface area contributed by atoms with Crippen LogP contribution in [0.25, 0.3) is 0 Å². The van der Waals surface area contributed by atoms with E-state index in [2.05, 4.69) is 24.5 Å². The Morgan fingerprint density at radius 2 is 0.688 bits per heavy atom. The van der Waals surface area contributed by atoms with Gasteiger partial charge in [0.25, 0.3) is 0 Å². The first-order valence-electron chi connectivity index (χ1n) is 14.2. The normalized spacial score (nSPS) is 10.9. The summed E-state index contributed by atoms with van der Waals surface area (Å²) in [5.41, 5.74) is 0. The van der Waals surface area contributed by atoms with Crippen molar-refractivity contribution in [1.82, 2.24) is 10.6 Å². The van der Waals surface area contributed by atoms with Gasteiger partial charge in [0.1, 0.15) is 0 Å². The quantitative estimate of drug-likeness (QED) is 0.139. The molecule has 4 nitrogen and oxygen atoms in total. The van der Waals surface area contributed by atoms with Crippen LogP contribution in [0.1, 0.15) is 155 Å². The second kappa shape index (κ2) is 26.2.